The summed E-state index contributed by atoms with van der Waals surface area (Å²) in [5, 5.41) is 2.45. The standard InChI is InChI=1S/C19H16ClN3O2S2/c1-23(2)16-7-3-6-14-13(16)5-4-8-18(14)27(24,25)22-19-21-15-10-9-12(20)11-17(15)26-19/h3-11H,1-2H3,(H,21,22). The van der Waals surface area contributed by atoms with Crippen LogP contribution in [-0.4, -0.2) is 27.5 Å². The van der Waals surface area contributed by atoms with Crippen LogP contribution < -0.4 is 9.62 Å². The fraction of sp³-hybridized carbons (Fsp3) is 0.105. The van der Waals surface area contributed by atoms with Gasteiger partial charge in [-0.05, 0) is 30.3 Å². The van der Waals surface area contributed by atoms with Crippen molar-refractivity contribution in [1.82, 2.24) is 4.98 Å². The molecule has 0 aliphatic carbocycles. The van der Waals surface area contributed by atoms with Crippen LogP contribution in [-0.2, 0) is 10.0 Å². The molecular formula is C19H16ClN3O2S2. The first kappa shape index (κ1) is 18.0. The number of hydrogen-bond donors (Lipinski definition) is 1. The number of thiazole rings is 1. The predicted octanol–water partition coefficient (Wildman–Crippen LogP) is 4.97. The zero-order valence-corrected chi connectivity index (χ0v) is 17.0. The molecule has 0 saturated carbocycles. The van der Waals surface area contributed by atoms with Crippen LogP contribution in [0.5, 0.6) is 0 Å². The number of anilines is 2. The van der Waals surface area contributed by atoms with Crippen LogP contribution in [0.3, 0.4) is 0 Å². The third-order valence-electron chi connectivity index (χ3n) is 4.20. The van der Waals surface area contributed by atoms with Gasteiger partial charge in [-0.15, -0.1) is 0 Å². The van der Waals surface area contributed by atoms with E-state index < -0.39 is 10.0 Å². The van der Waals surface area contributed by atoms with Gasteiger partial charge in [-0.2, -0.15) is 0 Å². The quantitative estimate of drug-likeness (QED) is 0.509. The smallest absolute Gasteiger partial charge is 0.264 e. The Morgan fingerprint density at radius 3 is 2.56 bits per heavy atom. The van der Waals surface area contributed by atoms with Crippen molar-refractivity contribution in [3.8, 4) is 0 Å². The Bertz CT molecular complexity index is 1270. The van der Waals surface area contributed by atoms with Crippen LogP contribution in [0, 0.1) is 0 Å². The molecule has 8 heteroatoms. The molecular weight excluding hydrogens is 402 g/mol. The first-order valence-electron chi connectivity index (χ1n) is 8.13. The van der Waals surface area contributed by atoms with Crippen molar-refractivity contribution in [2.45, 2.75) is 4.90 Å². The van der Waals surface area contributed by atoms with E-state index in [1.807, 2.05) is 43.3 Å². The molecule has 0 spiro atoms. The molecule has 5 nitrogen and oxygen atoms in total. The van der Waals surface area contributed by atoms with Crippen LogP contribution in [0.15, 0.2) is 59.5 Å². The lowest BCUT2D eigenvalue weighted by Gasteiger charge is -2.17. The lowest BCUT2D eigenvalue weighted by atomic mass is 10.1. The molecule has 3 aromatic carbocycles. The van der Waals surface area contributed by atoms with Crippen LogP contribution in [0.1, 0.15) is 0 Å². The van der Waals surface area contributed by atoms with Crippen LogP contribution in [0.25, 0.3) is 21.0 Å². The maximum Gasteiger partial charge on any atom is 0.264 e. The van der Waals surface area contributed by atoms with E-state index in [1.54, 1.807) is 30.3 Å². The number of benzene rings is 3. The molecule has 1 N–H and O–H groups in total. The lowest BCUT2D eigenvalue weighted by Crippen LogP contribution is -2.14. The number of nitrogens with one attached hydrogen (secondary N) is 1. The first-order chi connectivity index (χ1) is 12.8. The number of sulfonamides is 1. The molecule has 1 heterocycles. The maximum absolute atomic E-state index is 13.1. The van der Waals surface area contributed by atoms with Gasteiger partial charge in [-0.3, -0.25) is 4.72 Å². The topological polar surface area (TPSA) is 62.3 Å². The number of halogens is 1. The number of rotatable bonds is 4. The monoisotopic (exact) mass is 417 g/mol. The number of aromatic nitrogens is 1. The van der Waals surface area contributed by atoms with E-state index in [-0.39, 0.29) is 4.90 Å². The van der Waals surface area contributed by atoms with Gasteiger partial charge >= 0.3 is 0 Å². The molecule has 0 aliphatic rings. The average molecular weight is 418 g/mol. The van der Waals surface area contributed by atoms with Gasteiger partial charge in [0.1, 0.15) is 0 Å². The summed E-state index contributed by atoms with van der Waals surface area (Å²) >= 11 is 7.25. The summed E-state index contributed by atoms with van der Waals surface area (Å²) in [6, 6.07) is 16.2. The van der Waals surface area contributed by atoms with Crippen molar-refractivity contribution in [2.24, 2.45) is 0 Å². The van der Waals surface area contributed by atoms with Crippen LogP contribution >= 0.6 is 22.9 Å². The largest absolute Gasteiger partial charge is 0.377 e. The Morgan fingerprint density at radius 2 is 1.78 bits per heavy atom. The SMILES string of the molecule is CN(C)c1cccc2c(S(=O)(=O)Nc3nc4ccc(Cl)cc4s3)cccc12. The molecule has 0 radical (unpaired) electrons. The Balaban J connectivity index is 1.80. The molecule has 0 unspecified atom stereocenters. The van der Waals surface area contributed by atoms with Gasteiger partial charge in [-0.1, -0.05) is 47.2 Å². The molecule has 0 aliphatic heterocycles. The highest BCUT2D eigenvalue weighted by atomic mass is 35.5. The fourth-order valence-corrected chi connectivity index (χ4v) is 5.60. The molecule has 4 rings (SSSR count). The highest BCUT2D eigenvalue weighted by Crippen LogP contribution is 2.33. The number of fused-ring (bicyclic) bond motifs is 2. The second-order valence-electron chi connectivity index (χ2n) is 6.26. The third kappa shape index (κ3) is 3.34. The van der Waals surface area contributed by atoms with E-state index in [0.29, 0.717) is 21.1 Å². The summed E-state index contributed by atoms with van der Waals surface area (Å²) < 4.78 is 29.5. The maximum atomic E-state index is 13.1. The van der Waals surface area contributed by atoms with Gasteiger partial charge < -0.3 is 4.90 Å². The van der Waals surface area contributed by atoms with Crippen molar-refractivity contribution in [2.75, 3.05) is 23.7 Å². The highest BCUT2D eigenvalue weighted by molar-refractivity contribution is 7.93. The Morgan fingerprint density at radius 1 is 1.04 bits per heavy atom. The molecule has 27 heavy (non-hydrogen) atoms. The van der Waals surface area contributed by atoms with Gasteiger partial charge in [0.05, 0.1) is 15.1 Å². The minimum atomic E-state index is -3.79. The van der Waals surface area contributed by atoms with E-state index in [9.17, 15) is 8.42 Å². The summed E-state index contributed by atoms with van der Waals surface area (Å²) in [7, 11) is 0.0683. The van der Waals surface area contributed by atoms with Crippen LogP contribution in [0.4, 0.5) is 10.8 Å². The fourth-order valence-electron chi connectivity index (χ4n) is 3.00. The lowest BCUT2D eigenvalue weighted by molar-refractivity contribution is 0.602. The predicted molar refractivity (Wildman–Crippen MR) is 114 cm³/mol. The Hall–Kier alpha value is -2.35. The minimum Gasteiger partial charge on any atom is -0.377 e. The van der Waals surface area contributed by atoms with Gasteiger partial charge in [0, 0.05) is 35.6 Å². The molecule has 0 fully saturated rings. The third-order valence-corrected chi connectivity index (χ3v) is 6.90. The van der Waals surface area contributed by atoms with E-state index in [1.165, 1.54) is 11.3 Å². The molecule has 0 bridgehead atoms. The number of hydrogen-bond acceptors (Lipinski definition) is 5. The van der Waals surface area contributed by atoms with Crippen molar-refractivity contribution in [3.05, 3.63) is 59.6 Å². The van der Waals surface area contributed by atoms with Crippen molar-refractivity contribution < 1.29 is 8.42 Å². The molecule has 4 aromatic rings. The summed E-state index contributed by atoms with van der Waals surface area (Å²) in [5.41, 5.74) is 1.66. The summed E-state index contributed by atoms with van der Waals surface area (Å²) in [5.74, 6) is 0. The van der Waals surface area contributed by atoms with Gasteiger partial charge in [-0.25, -0.2) is 13.4 Å². The Labute approximate surface area is 166 Å². The molecule has 0 amide bonds. The second kappa shape index (κ2) is 6.67. The zero-order chi connectivity index (χ0) is 19.2. The summed E-state index contributed by atoms with van der Waals surface area (Å²) in [6.07, 6.45) is 0. The highest BCUT2D eigenvalue weighted by Gasteiger charge is 2.20. The number of nitrogens with zero attached hydrogens (tertiary/aromatic N) is 2. The van der Waals surface area contributed by atoms with E-state index in [4.69, 9.17) is 11.6 Å². The summed E-state index contributed by atoms with van der Waals surface area (Å²) in [6.45, 7) is 0. The van der Waals surface area contributed by atoms with E-state index in [0.717, 1.165) is 15.8 Å². The van der Waals surface area contributed by atoms with Gasteiger partial charge in [0.25, 0.3) is 10.0 Å². The summed E-state index contributed by atoms with van der Waals surface area (Å²) in [4.78, 5) is 6.54. The van der Waals surface area contributed by atoms with Crippen molar-refractivity contribution >= 4 is 64.8 Å². The molecule has 1 aromatic heterocycles. The van der Waals surface area contributed by atoms with Crippen LogP contribution in [0.2, 0.25) is 5.02 Å². The van der Waals surface area contributed by atoms with Crippen molar-refractivity contribution in [1.29, 1.82) is 0 Å². The molecule has 0 saturated heterocycles. The van der Waals surface area contributed by atoms with Gasteiger partial charge in [0.15, 0.2) is 5.13 Å². The average Bonchev–Trinajstić information content (AvgIpc) is 3.00. The Kier molecular flexibility index (Phi) is 4.46. The van der Waals surface area contributed by atoms with Gasteiger partial charge in [0.2, 0.25) is 0 Å². The first-order valence-corrected chi connectivity index (χ1v) is 10.8. The van der Waals surface area contributed by atoms with E-state index in [2.05, 4.69) is 9.71 Å². The minimum absolute atomic E-state index is 0.223. The van der Waals surface area contributed by atoms with Crippen molar-refractivity contribution in [3.63, 3.8) is 0 Å². The second-order valence-corrected chi connectivity index (χ2v) is 9.38. The molecule has 138 valence electrons. The zero-order valence-electron chi connectivity index (χ0n) is 14.6. The molecule has 0 atom stereocenters. The van der Waals surface area contributed by atoms with E-state index >= 15 is 0 Å². The normalized spacial score (nSPS) is 11.8.